The maximum Gasteiger partial charge on any atom is 0.251 e. The zero-order valence-corrected chi connectivity index (χ0v) is 19.5. The van der Waals surface area contributed by atoms with Crippen molar-refractivity contribution in [1.82, 2.24) is 14.9 Å². The highest BCUT2D eigenvalue weighted by atomic mass is 32.2. The summed E-state index contributed by atoms with van der Waals surface area (Å²) >= 11 is 2.97. The number of imidazole rings is 1. The third-order valence-electron chi connectivity index (χ3n) is 4.70. The molecule has 2 heterocycles. The Labute approximate surface area is 200 Å². The van der Waals surface area contributed by atoms with E-state index < -0.39 is 0 Å². The smallest absolute Gasteiger partial charge is 0.251 e. The second kappa shape index (κ2) is 10.9. The van der Waals surface area contributed by atoms with Crippen LogP contribution in [0.25, 0.3) is 5.69 Å². The van der Waals surface area contributed by atoms with Crippen LogP contribution in [0.4, 0.5) is 5.69 Å². The Balaban J connectivity index is 1.34. The summed E-state index contributed by atoms with van der Waals surface area (Å²) in [7, 11) is 0. The van der Waals surface area contributed by atoms with Crippen molar-refractivity contribution in [2.45, 2.75) is 16.6 Å². The normalized spacial score (nSPS) is 10.7. The fourth-order valence-corrected chi connectivity index (χ4v) is 4.31. The number of aromatic nitrogens is 2. The number of thioether (sulfide) groups is 2. The van der Waals surface area contributed by atoms with Gasteiger partial charge in [-0.1, -0.05) is 17.8 Å². The molecule has 0 aliphatic rings. The van der Waals surface area contributed by atoms with E-state index in [9.17, 15) is 9.59 Å². The van der Waals surface area contributed by atoms with E-state index >= 15 is 0 Å². The number of carbonyl (C=O) groups is 2. The number of hydrogen-bond acceptors (Lipinski definition) is 6. The summed E-state index contributed by atoms with van der Waals surface area (Å²) in [6.07, 6.45) is 7.08. The van der Waals surface area contributed by atoms with E-state index in [0.717, 1.165) is 16.3 Å². The van der Waals surface area contributed by atoms with Gasteiger partial charge in [-0.15, -0.1) is 11.8 Å². The van der Waals surface area contributed by atoms with Gasteiger partial charge in [0.25, 0.3) is 5.91 Å². The Morgan fingerprint density at radius 3 is 2.70 bits per heavy atom. The number of hydrogen-bond donors (Lipinski definition) is 2. The topological polar surface area (TPSA) is 89.2 Å². The molecule has 0 radical (unpaired) electrons. The van der Waals surface area contributed by atoms with E-state index in [4.69, 9.17) is 4.42 Å². The highest BCUT2D eigenvalue weighted by Gasteiger charge is 2.11. The van der Waals surface area contributed by atoms with Gasteiger partial charge < -0.3 is 15.1 Å². The van der Waals surface area contributed by atoms with Gasteiger partial charge in [0, 0.05) is 34.2 Å². The van der Waals surface area contributed by atoms with Crippen LogP contribution in [-0.2, 0) is 11.3 Å². The highest BCUT2D eigenvalue weighted by Crippen LogP contribution is 2.22. The molecular weight excluding hydrogens is 456 g/mol. The van der Waals surface area contributed by atoms with Crippen molar-refractivity contribution in [2.24, 2.45) is 0 Å². The molecule has 7 nitrogen and oxygen atoms in total. The van der Waals surface area contributed by atoms with E-state index in [1.165, 1.54) is 11.8 Å². The Morgan fingerprint density at radius 1 is 1.09 bits per heavy atom. The molecule has 33 heavy (non-hydrogen) atoms. The van der Waals surface area contributed by atoms with Gasteiger partial charge in [-0.2, -0.15) is 0 Å². The van der Waals surface area contributed by atoms with Crippen LogP contribution in [0.1, 0.15) is 16.1 Å². The van der Waals surface area contributed by atoms with Crippen molar-refractivity contribution >= 4 is 41.0 Å². The number of amides is 2. The molecule has 0 saturated heterocycles. The number of nitrogens with zero attached hydrogens (tertiary/aromatic N) is 2. The van der Waals surface area contributed by atoms with Gasteiger partial charge in [-0.25, -0.2) is 4.98 Å². The van der Waals surface area contributed by atoms with E-state index in [2.05, 4.69) is 15.6 Å². The standard InChI is InChI=1S/C24H22N4O3S2/c1-32-21-6-2-4-18(14-21)27-22(29)16-33-24-25-11-12-28(24)19-9-7-17(8-10-19)23(30)26-15-20-5-3-13-31-20/h2-14H,15-16H2,1H3,(H,26,30)(H,27,29). The molecule has 2 N–H and O–H groups in total. The molecule has 2 aromatic heterocycles. The number of nitrogens with one attached hydrogen (secondary N) is 2. The SMILES string of the molecule is CSc1cccc(NC(=O)CSc2nccn2-c2ccc(C(=O)NCc3ccco3)cc2)c1. The van der Waals surface area contributed by atoms with Crippen molar-refractivity contribution in [1.29, 1.82) is 0 Å². The molecule has 0 fully saturated rings. The van der Waals surface area contributed by atoms with Crippen molar-refractivity contribution in [3.05, 3.63) is 90.6 Å². The third kappa shape index (κ3) is 6.09. The van der Waals surface area contributed by atoms with Gasteiger partial charge in [0.15, 0.2) is 5.16 Å². The first-order valence-electron chi connectivity index (χ1n) is 10.1. The summed E-state index contributed by atoms with van der Waals surface area (Å²) in [5, 5.41) is 6.44. The predicted molar refractivity (Wildman–Crippen MR) is 131 cm³/mol. The molecule has 2 aromatic carbocycles. The van der Waals surface area contributed by atoms with Crippen molar-refractivity contribution in [3.63, 3.8) is 0 Å². The lowest BCUT2D eigenvalue weighted by molar-refractivity contribution is -0.113. The van der Waals surface area contributed by atoms with E-state index in [-0.39, 0.29) is 17.6 Å². The van der Waals surface area contributed by atoms with Crippen LogP contribution < -0.4 is 10.6 Å². The molecule has 2 amide bonds. The molecule has 0 spiro atoms. The molecule has 168 valence electrons. The van der Waals surface area contributed by atoms with E-state index in [1.807, 2.05) is 59.5 Å². The summed E-state index contributed by atoms with van der Waals surface area (Å²) < 4.78 is 7.11. The van der Waals surface area contributed by atoms with Gasteiger partial charge in [0.05, 0.1) is 18.6 Å². The minimum absolute atomic E-state index is 0.101. The molecule has 0 saturated carbocycles. The maximum atomic E-state index is 12.4. The van der Waals surface area contributed by atoms with E-state index in [0.29, 0.717) is 23.0 Å². The monoisotopic (exact) mass is 478 g/mol. The predicted octanol–water partition coefficient (Wildman–Crippen LogP) is 4.85. The van der Waals surface area contributed by atoms with E-state index in [1.54, 1.807) is 42.4 Å². The zero-order valence-electron chi connectivity index (χ0n) is 17.9. The second-order valence-electron chi connectivity index (χ2n) is 6.96. The van der Waals surface area contributed by atoms with Crippen LogP contribution in [0.5, 0.6) is 0 Å². The molecule has 0 unspecified atom stereocenters. The summed E-state index contributed by atoms with van der Waals surface area (Å²) in [6.45, 7) is 0.333. The average molecular weight is 479 g/mol. The molecule has 9 heteroatoms. The minimum atomic E-state index is -0.180. The number of benzene rings is 2. The van der Waals surface area contributed by atoms with Gasteiger partial charge in [0.1, 0.15) is 5.76 Å². The summed E-state index contributed by atoms with van der Waals surface area (Å²) in [6, 6.07) is 18.5. The van der Waals surface area contributed by atoms with Crippen LogP contribution in [0, 0.1) is 0 Å². The lowest BCUT2D eigenvalue weighted by atomic mass is 10.2. The Hall–Kier alpha value is -3.43. The van der Waals surface area contributed by atoms with Crippen LogP contribution in [-0.4, -0.2) is 33.4 Å². The van der Waals surface area contributed by atoms with Crippen molar-refractivity contribution in [3.8, 4) is 5.69 Å². The second-order valence-corrected chi connectivity index (χ2v) is 8.78. The molecule has 0 bridgehead atoms. The number of anilines is 1. The zero-order chi connectivity index (χ0) is 23.0. The van der Waals surface area contributed by atoms with Crippen molar-refractivity contribution in [2.75, 3.05) is 17.3 Å². The minimum Gasteiger partial charge on any atom is -0.467 e. The van der Waals surface area contributed by atoms with Gasteiger partial charge in [-0.05, 0) is 60.9 Å². The van der Waals surface area contributed by atoms with Crippen molar-refractivity contribution < 1.29 is 14.0 Å². The fourth-order valence-electron chi connectivity index (χ4n) is 3.08. The highest BCUT2D eigenvalue weighted by molar-refractivity contribution is 7.99. The van der Waals surface area contributed by atoms with Crippen LogP contribution in [0.15, 0.2) is 93.8 Å². The largest absolute Gasteiger partial charge is 0.467 e. The third-order valence-corrected chi connectivity index (χ3v) is 6.40. The lowest BCUT2D eigenvalue weighted by Crippen LogP contribution is -2.22. The first-order chi connectivity index (χ1) is 16.1. The average Bonchev–Trinajstić information content (AvgIpc) is 3.53. The fraction of sp³-hybridized carbons (Fsp3) is 0.125. The number of furan rings is 1. The molecule has 0 aliphatic heterocycles. The first-order valence-corrected chi connectivity index (χ1v) is 12.3. The molecule has 4 aromatic rings. The number of carbonyl (C=O) groups excluding carboxylic acids is 2. The number of rotatable bonds is 9. The first kappa shape index (κ1) is 22.8. The van der Waals surface area contributed by atoms with Gasteiger partial charge in [-0.3, -0.25) is 14.2 Å². The molecule has 0 atom stereocenters. The summed E-state index contributed by atoms with van der Waals surface area (Å²) in [4.78, 5) is 30.2. The summed E-state index contributed by atoms with van der Waals surface area (Å²) in [5.74, 6) is 0.645. The molecular formula is C24H22N4O3S2. The van der Waals surface area contributed by atoms with Gasteiger partial charge in [0.2, 0.25) is 5.91 Å². The van der Waals surface area contributed by atoms with Crippen LogP contribution in [0.2, 0.25) is 0 Å². The van der Waals surface area contributed by atoms with Crippen LogP contribution in [0.3, 0.4) is 0 Å². The quantitative estimate of drug-likeness (QED) is 0.334. The lowest BCUT2D eigenvalue weighted by Gasteiger charge is -2.09. The summed E-state index contributed by atoms with van der Waals surface area (Å²) in [5.41, 5.74) is 2.17. The molecule has 4 rings (SSSR count). The Morgan fingerprint density at radius 2 is 1.94 bits per heavy atom. The Bertz CT molecular complexity index is 1220. The maximum absolute atomic E-state index is 12.4. The van der Waals surface area contributed by atoms with Crippen LogP contribution >= 0.6 is 23.5 Å². The Kier molecular flexibility index (Phi) is 7.54. The van der Waals surface area contributed by atoms with Gasteiger partial charge >= 0.3 is 0 Å². The molecule has 0 aliphatic carbocycles.